The molecule has 0 saturated heterocycles. The molecule has 2 rings (SSSR count). The van der Waals surface area contributed by atoms with Crippen LogP contribution in [0.15, 0.2) is 42.5 Å². The van der Waals surface area contributed by atoms with E-state index in [0.717, 1.165) is 25.3 Å². The zero-order chi connectivity index (χ0) is 17.0. The molecule has 0 aliphatic rings. The van der Waals surface area contributed by atoms with E-state index in [1.54, 1.807) is 0 Å². The summed E-state index contributed by atoms with van der Waals surface area (Å²) >= 11 is 5.73. The number of hydrogen-bond acceptors (Lipinski definition) is 6. The molecule has 118 valence electrons. The van der Waals surface area contributed by atoms with Crippen LogP contribution in [0.4, 0.5) is 5.69 Å². The fraction of sp³-hybridized carbons (Fsp3) is 0.0667. The molecule has 0 N–H and O–H groups in total. The molecule has 0 unspecified atom stereocenters. The van der Waals surface area contributed by atoms with Gasteiger partial charge in [-0.1, -0.05) is 11.6 Å². The number of nitrogens with zero attached hydrogens (tertiary/aromatic N) is 1. The first kappa shape index (κ1) is 16.4. The molecule has 2 aromatic rings. The minimum atomic E-state index is -0.846. The molecular weight excluding hydrogens is 326 g/mol. The van der Waals surface area contributed by atoms with E-state index >= 15 is 0 Å². The quantitative estimate of drug-likeness (QED) is 0.368. The van der Waals surface area contributed by atoms with Gasteiger partial charge in [0.25, 0.3) is 5.69 Å². The third-order valence-corrected chi connectivity index (χ3v) is 3.06. The molecule has 0 heterocycles. The van der Waals surface area contributed by atoms with Gasteiger partial charge in [-0.3, -0.25) is 10.1 Å². The second-order valence-electron chi connectivity index (χ2n) is 4.36. The topological polar surface area (TPSA) is 95.7 Å². The summed E-state index contributed by atoms with van der Waals surface area (Å²) in [6.07, 6.45) is 0. The highest BCUT2D eigenvalue weighted by molar-refractivity contribution is 6.30. The van der Waals surface area contributed by atoms with Gasteiger partial charge in [-0.05, 0) is 30.3 Å². The lowest BCUT2D eigenvalue weighted by molar-refractivity contribution is -0.384. The number of hydrogen-bond donors (Lipinski definition) is 0. The van der Waals surface area contributed by atoms with Crippen LogP contribution in [0.2, 0.25) is 5.02 Å². The maximum atomic E-state index is 12.1. The third-order valence-electron chi connectivity index (χ3n) is 2.81. The number of non-ortho nitro benzene ring substituents is 1. The first-order valence-corrected chi connectivity index (χ1v) is 6.64. The number of halogens is 1. The van der Waals surface area contributed by atoms with Gasteiger partial charge in [-0.15, -0.1) is 0 Å². The number of ether oxygens (including phenoxy) is 2. The lowest BCUT2D eigenvalue weighted by atomic mass is 10.1. The largest absolute Gasteiger partial charge is 0.465 e. The fourth-order valence-corrected chi connectivity index (χ4v) is 1.86. The molecule has 0 aliphatic carbocycles. The Morgan fingerprint density at radius 2 is 1.61 bits per heavy atom. The predicted octanol–water partition coefficient (Wildman–Crippen LogP) is 3.25. The van der Waals surface area contributed by atoms with Gasteiger partial charge in [0.1, 0.15) is 5.75 Å². The summed E-state index contributed by atoms with van der Waals surface area (Å²) in [4.78, 5) is 33.9. The molecule has 0 aromatic heterocycles. The van der Waals surface area contributed by atoms with Crippen LogP contribution >= 0.6 is 11.6 Å². The molecule has 0 amide bonds. The van der Waals surface area contributed by atoms with Crippen molar-refractivity contribution in [1.82, 2.24) is 0 Å². The zero-order valence-electron chi connectivity index (χ0n) is 11.8. The number of nitro groups is 1. The van der Waals surface area contributed by atoms with Crippen LogP contribution in [-0.4, -0.2) is 24.0 Å². The highest BCUT2D eigenvalue weighted by Gasteiger charge is 2.19. The maximum Gasteiger partial charge on any atom is 0.343 e. The lowest BCUT2D eigenvalue weighted by Gasteiger charge is -2.06. The zero-order valence-corrected chi connectivity index (χ0v) is 12.6. The van der Waals surface area contributed by atoms with Gasteiger partial charge in [0, 0.05) is 17.2 Å². The van der Waals surface area contributed by atoms with E-state index in [2.05, 4.69) is 4.74 Å². The maximum absolute atomic E-state index is 12.1. The molecular formula is C15H10ClNO6. The second kappa shape index (κ2) is 6.89. The summed E-state index contributed by atoms with van der Waals surface area (Å²) in [7, 11) is 1.13. The molecule has 8 heteroatoms. The molecule has 0 atom stereocenters. The summed E-state index contributed by atoms with van der Waals surface area (Å²) in [5.74, 6) is -1.43. The van der Waals surface area contributed by atoms with Gasteiger partial charge in [-0.25, -0.2) is 9.59 Å². The van der Waals surface area contributed by atoms with Crippen LogP contribution in [0.1, 0.15) is 20.7 Å². The Hall–Kier alpha value is -2.93. The van der Waals surface area contributed by atoms with Crippen molar-refractivity contribution >= 4 is 29.2 Å². The Kier molecular flexibility index (Phi) is 4.92. The van der Waals surface area contributed by atoms with Crippen molar-refractivity contribution in [2.45, 2.75) is 0 Å². The third kappa shape index (κ3) is 4.04. The Labute approximate surface area is 135 Å². The van der Waals surface area contributed by atoms with Crippen molar-refractivity contribution in [3.05, 3.63) is 68.7 Å². The van der Waals surface area contributed by atoms with Crippen molar-refractivity contribution < 1.29 is 24.0 Å². The van der Waals surface area contributed by atoms with E-state index in [4.69, 9.17) is 16.3 Å². The molecule has 2 aromatic carbocycles. The van der Waals surface area contributed by atoms with Crippen molar-refractivity contribution in [1.29, 1.82) is 0 Å². The standard InChI is InChI=1S/C15H10ClNO6/c1-22-14(18)9-6-10(8-12(7-9)17(20)21)15(19)23-13-4-2-11(16)3-5-13/h2-8H,1H3. The first-order valence-electron chi connectivity index (χ1n) is 6.26. The number of carbonyl (C=O) groups is 2. The summed E-state index contributed by atoms with van der Waals surface area (Å²) in [6, 6.07) is 9.19. The molecule has 7 nitrogen and oxygen atoms in total. The molecule has 0 spiro atoms. The second-order valence-corrected chi connectivity index (χ2v) is 4.80. The highest BCUT2D eigenvalue weighted by Crippen LogP contribution is 2.21. The Bertz CT molecular complexity index is 772. The van der Waals surface area contributed by atoms with Crippen molar-refractivity contribution in [3.63, 3.8) is 0 Å². The number of carbonyl (C=O) groups excluding carboxylic acids is 2. The van der Waals surface area contributed by atoms with E-state index in [9.17, 15) is 19.7 Å². The molecule has 0 radical (unpaired) electrons. The summed E-state index contributed by atoms with van der Waals surface area (Å²) < 4.78 is 9.60. The lowest BCUT2D eigenvalue weighted by Crippen LogP contribution is -2.11. The molecule has 0 fully saturated rings. The number of esters is 2. The van der Waals surface area contributed by atoms with Crippen molar-refractivity contribution in [3.8, 4) is 5.75 Å². The molecule has 0 aliphatic heterocycles. The number of benzene rings is 2. The average molecular weight is 336 g/mol. The normalized spacial score (nSPS) is 10.0. The minimum Gasteiger partial charge on any atom is -0.465 e. The highest BCUT2D eigenvalue weighted by atomic mass is 35.5. The van der Waals surface area contributed by atoms with Crippen LogP contribution < -0.4 is 4.74 Å². The number of rotatable bonds is 4. The van der Waals surface area contributed by atoms with Crippen LogP contribution in [0.5, 0.6) is 5.75 Å². The van der Waals surface area contributed by atoms with Crippen LogP contribution in [0.3, 0.4) is 0 Å². The van der Waals surface area contributed by atoms with Gasteiger partial charge in [0.2, 0.25) is 0 Å². The van der Waals surface area contributed by atoms with E-state index in [-0.39, 0.29) is 16.9 Å². The fourth-order valence-electron chi connectivity index (χ4n) is 1.74. The smallest absolute Gasteiger partial charge is 0.343 e. The van der Waals surface area contributed by atoms with Gasteiger partial charge in [0.15, 0.2) is 0 Å². The van der Waals surface area contributed by atoms with Gasteiger partial charge in [-0.2, -0.15) is 0 Å². The van der Waals surface area contributed by atoms with Gasteiger partial charge >= 0.3 is 11.9 Å². The van der Waals surface area contributed by atoms with Gasteiger partial charge in [0.05, 0.1) is 23.2 Å². The van der Waals surface area contributed by atoms with Crippen molar-refractivity contribution in [2.24, 2.45) is 0 Å². The monoisotopic (exact) mass is 335 g/mol. The van der Waals surface area contributed by atoms with E-state index in [1.165, 1.54) is 24.3 Å². The Balaban J connectivity index is 2.34. The number of methoxy groups -OCH3 is 1. The Morgan fingerprint density at radius 1 is 1.04 bits per heavy atom. The summed E-state index contributed by atoms with van der Waals surface area (Å²) in [5, 5.41) is 11.4. The van der Waals surface area contributed by atoms with Crippen LogP contribution in [0, 0.1) is 10.1 Å². The van der Waals surface area contributed by atoms with E-state index in [0.29, 0.717) is 5.02 Å². The molecule has 0 bridgehead atoms. The SMILES string of the molecule is COC(=O)c1cc(C(=O)Oc2ccc(Cl)cc2)cc([N+](=O)[O-])c1. The van der Waals surface area contributed by atoms with Crippen LogP contribution in [0.25, 0.3) is 0 Å². The summed E-state index contributed by atoms with van der Waals surface area (Å²) in [6.45, 7) is 0. The minimum absolute atomic E-state index is 0.121. The predicted molar refractivity (Wildman–Crippen MR) is 80.8 cm³/mol. The summed E-state index contributed by atoms with van der Waals surface area (Å²) in [5.41, 5.74) is -0.685. The average Bonchev–Trinajstić information content (AvgIpc) is 2.55. The number of nitro benzene ring substituents is 1. The van der Waals surface area contributed by atoms with Gasteiger partial charge < -0.3 is 9.47 Å². The Morgan fingerprint density at radius 3 is 2.13 bits per heavy atom. The van der Waals surface area contributed by atoms with Crippen LogP contribution in [-0.2, 0) is 4.74 Å². The van der Waals surface area contributed by atoms with Crippen molar-refractivity contribution in [2.75, 3.05) is 7.11 Å². The first-order chi connectivity index (χ1) is 10.9. The molecule has 23 heavy (non-hydrogen) atoms. The molecule has 0 saturated carbocycles. The van der Waals surface area contributed by atoms with E-state index in [1.807, 2.05) is 0 Å². The van der Waals surface area contributed by atoms with E-state index < -0.39 is 22.5 Å².